The minimum absolute atomic E-state index is 0.0429. The van der Waals surface area contributed by atoms with Gasteiger partial charge in [-0.3, -0.25) is 15.2 Å². The number of carbonyl (C=O) groups excluding carboxylic acids is 2. The van der Waals surface area contributed by atoms with E-state index in [2.05, 4.69) is 32.4 Å². The maximum atomic E-state index is 11.6. The van der Waals surface area contributed by atoms with Gasteiger partial charge in [0.05, 0.1) is 5.75 Å². The Morgan fingerprint density at radius 2 is 2.04 bits per heavy atom. The molecule has 0 bridgehead atoms. The summed E-state index contributed by atoms with van der Waals surface area (Å²) >= 11 is 1.14. The molecule has 0 spiro atoms. The molecule has 1 aromatic heterocycles. The third-order valence-electron chi connectivity index (χ3n) is 2.71. The number of urea groups is 1. The molecule has 2 rings (SSSR count). The minimum atomic E-state index is -0.554. The molecule has 3 N–H and O–H groups in total. The second-order valence-corrected chi connectivity index (χ2v) is 5.53. The molecule has 0 atom stereocenters. The smallest absolute Gasteiger partial charge is 0.321 e. The summed E-state index contributed by atoms with van der Waals surface area (Å²) in [4.78, 5) is 27.2. The standard InChI is InChI=1S/C16H17N5O2S/c1-2-10-17-15(23)19-14(22)11-24-16-18-13(20-21-16)9-8-12-6-4-3-5-7-12/h2-9H,1,10-11H2,(H,18,20,21)(H2,17,19,22,23)/b9-8+. The largest absolute Gasteiger partial charge is 0.334 e. The topological polar surface area (TPSA) is 99.8 Å². The zero-order valence-electron chi connectivity index (χ0n) is 12.9. The number of imide groups is 1. The van der Waals surface area contributed by atoms with E-state index in [9.17, 15) is 9.59 Å². The van der Waals surface area contributed by atoms with Gasteiger partial charge in [0.2, 0.25) is 11.1 Å². The Morgan fingerprint density at radius 3 is 2.79 bits per heavy atom. The summed E-state index contributed by atoms with van der Waals surface area (Å²) in [7, 11) is 0. The van der Waals surface area contributed by atoms with Gasteiger partial charge in [0.1, 0.15) is 5.82 Å². The fourth-order valence-corrected chi connectivity index (χ4v) is 2.24. The van der Waals surface area contributed by atoms with Crippen LogP contribution >= 0.6 is 11.8 Å². The van der Waals surface area contributed by atoms with Crippen LogP contribution in [0.4, 0.5) is 4.79 Å². The summed E-state index contributed by atoms with van der Waals surface area (Å²) in [6, 6.07) is 9.25. The van der Waals surface area contributed by atoms with Crippen molar-refractivity contribution >= 4 is 35.9 Å². The third kappa shape index (κ3) is 6.09. The molecule has 3 amide bonds. The number of carbonyl (C=O) groups is 2. The molecule has 0 saturated heterocycles. The summed E-state index contributed by atoms with van der Waals surface area (Å²) in [5, 5.41) is 11.9. The number of H-pyrrole nitrogens is 1. The number of nitrogens with one attached hydrogen (secondary N) is 3. The highest BCUT2D eigenvalue weighted by Crippen LogP contribution is 2.13. The molecule has 7 nitrogen and oxygen atoms in total. The monoisotopic (exact) mass is 343 g/mol. The summed E-state index contributed by atoms with van der Waals surface area (Å²) in [5.41, 5.74) is 1.05. The molecular formula is C16H17N5O2S. The lowest BCUT2D eigenvalue weighted by molar-refractivity contribution is -0.117. The van der Waals surface area contributed by atoms with Gasteiger partial charge in [-0.25, -0.2) is 9.78 Å². The number of benzene rings is 1. The minimum Gasteiger partial charge on any atom is -0.334 e. The van der Waals surface area contributed by atoms with Crippen LogP contribution in [0, 0.1) is 0 Å². The van der Waals surface area contributed by atoms with Gasteiger partial charge in [0, 0.05) is 6.54 Å². The number of hydrogen-bond donors (Lipinski definition) is 3. The number of rotatable bonds is 7. The molecule has 0 saturated carbocycles. The predicted octanol–water partition coefficient (Wildman–Crippen LogP) is 2.08. The molecule has 0 fully saturated rings. The highest BCUT2D eigenvalue weighted by atomic mass is 32.2. The number of aromatic nitrogens is 3. The third-order valence-corrected chi connectivity index (χ3v) is 3.55. The normalized spacial score (nSPS) is 10.5. The highest BCUT2D eigenvalue weighted by molar-refractivity contribution is 7.99. The van der Waals surface area contributed by atoms with Crippen molar-refractivity contribution in [3.8, 4) is 0 Å². The van der Waals surface area contributed by atoms with Crippen molar-refractivity contribution in [3.05, 3.63) is 54.4 Å². The molecule has 1 heterocycles. The molecule has 0 radical (unpaired) electrons. The number of aromatic amines is 1. The van der Waals surface area contributed by atoms with Crippen molar-refractivity contribution < 1.29 is 9.59 Å². The van der Waals surface area contributed by atoms with Gasteiger partial charge in [0.15, 0.2) is 0 Å². The van der Waals surface area contributed by atoms with Crippen LogP contribution < -0.4 is 10.6 Å². The van der Waals surface area contributed by atoms with Crippen LogP contribution in [0.25, 0.3) is 12.2 Å². The maximum Gasteiger partial charge on any atom is 0.321 e. The Morgan fingerprint density at radius 1 is 1.25 bits per heavy atom. The lowest BCUT2D eigenvalue weighted by Crippen LogP contribution is -2.40. The summed E-state index contributed by atoms with van der Waals surface area (Å²) < 4.78 is 0. The van der Waals surface area contributed by atoms with E-state index in [1.54, 1.807) is 6.08 Å². The lowest BCUT2D eigenvalue weighted by Gasteiger charge is -2.03. The van der Waals surface area contributed by atoms with Crippen LogP contribution in [0.1, 0.15) is 11.4 Å². The quantitative estimate of drug-likeness (QED) is 0.528. The fourth-order valence-electron chi connectivity index (χ4n) is 1.64. The van der Waals surface area contributed by atoms with Crippen LogP contribution in [-0.2, 0) is 4.79 Å². The first-order chi connectivity index (χ1) is 11.7. The summed E-state index contributed by atoms with van der Waals surface area (Å²) in [6.45, 7) is 3.76. The number of hydrogen-bond acceptors (Lipinski definition) is 5. The number of thioether (sulfide) groups is 1. The van der Waals surface area contributed by atoms with E-state index < -0.39 is 11.9 Å². The van der Waals surface area contributed by atoms with Gasteiger partial charge in [-0.15, -0.1) is 11.7 Å². The molecule has 0 aliphatic carbocycles. The molecule has 1 aromatic carbocycles. The van der Waals surface area contributed by atoms with Gasteiger partial charge in [-0.2, -0.15) is 0 Å². The Kier molecular flexibility index (Phi) is 6.78. The maximum absolute atomic E-state index is 11.6. The fraction of sp³-hybridized carbons (Fsp3) is 0.125. The van der Waals surface area contributed by atoms with Gasteiger partial charge >= 0.3 is 6.03 Å². The molecule has 0 aliphatic heterocycles. The van der Waals surface area contributed by atoms with Gasteiger partial charge in [-0.05, 0) is 11.6 Å². The summed E-state index contributed by atoms with van der Waals surface area (Å²) in [6.07, 6.45) is 5.23. The van der Waals surface area contributed by atoms with Crippen molar-refractivity contribution in [1.29, 1.82) is 0 Å². The molecule has 24 heavy (non-hydrogen) atoms. The van der Waals surface area contributed by atoms with Crippen molar-refractivity contribution in [2.45, 2.75) is 5.16 Å². The first-order valence-electron chi connectivity index (χ1n) is 7.14. The SMILES string of the molecule is C=CCNC(=O)NC(=O)CSc1n[nH]c(/C=C/c2ccccc2)n1. The van der Waals surface area contributed by atoms with Crippen LogP contribution in [0.3, 0.4) is 0 Å². The van der Waals surface area contributed by atoms with Crippen LogP contribution in [0.5, 0.6) is 0 Å². The van der Waals surface area contributed by atoms with E-state index in [0.717, 1.165) is 17.3 Å². The Balaban J connectivity index is 1.79. The van der Waals surface area contributed by atoms with Crippen molar-refractivity contribution in [2.24, 2.45) is 0 Å². The van der Waals surface area contributed by atoms with Crippen molar-refractivity contribution in [2.75, 3.05) is 12.3 Å². The summed E-state index contributed by atoms with van der Waals surface area (Å²) in [5.74, 6) is 0.208. The Labute approximate surface area is 143 Å². The Hall–Kier alpha value is -2.87. The second kappa shape index (κ2) is 9.31. The predicted molar refractivity (Wildman–Crippen MR) is 94.2 cm³/mol. The lowest BCUT2D eigenvalue weighted by atomic mass is 10.2. The van der Waals surface area contributed by atoms with Crippen molar-refractivity contribution in [3.63, 3.8) is 0 Å². The zero-order chi connectivity index (χ0) is 17.2. The molecule has 0 aliphatic rings. The van der Waals surface area contributed by atoms with Crippen LogP contribution in [0.2, 0.25) is 0 Å². The first-order valence-corrected chi connectivity index (χ1v) is 8.13. The van der Waals surface area contributed by atoms with Crippen LogP contribution in [-0.4, -0.2) is 39.4 Å². The second-order valence-electron chi connectivity index (χ2n) is 4.58. The number of amides is 3. The van der Waals surface area contributed by atoms with E-state index in [1.807, 2.05) is 36.4 Å². The van der Waals surface area contributed by atoms with Crippen LogP contribution in [0.15, 0.2) is 48.1 Å². The average molecular weight is 343 g/mol. The molecule has 0 unspecified atom stereocenters. The first kappa shape index (κ1) is 17.5. The average Bonchev–Trinajstić information content (AvgIpc) is 3.05. The Bertz CT molecular complexity index is 727. The van der Waals surface area contributed by atoms with E-state index in [0.29, 0.717) is 17.5 Å². The molecule has 124 valence electrons. The molecule has 2 aromatic rings. The van der Waals surface area contributed by atoms with E-state index >= 15 is 0 Å². The van der Waals surface area contributed by atoms with Gasteiger partial charge in [0.25, 0.3) is 0 Å². The molecular weight excluding hydrogens is 326 g/mol. The highest BCUT2D eigenvalue weighted by Gasteiger charge is 2.09. The number of nitrogens with zero attached hydrogens (tertiary/aromatic N) is 2. The van der Waals surface area contributed by atoms with Crippen molar-refractivity contribution in [1.82, 2.24) is 25.8 Å². The van der Waals surface area contributed by atoms with E-state index in [1.165, 1.54) is 6.08 Å². The van der Waals surface area contributed by atoms with E-state index in [-0.39, 0.29) is 5.75 Å². The van der Waals surface area contributed by atoms with Gasteiger partial charge in [-0.1, -0.05) is 54.2 Å². The van der Waals surface area contributed by atoms with Gasteiger partial charge < -0.3 is 5.32 Å². The zero-order valence-corrected chi connectivity index (χ0v) is 13.7. The molecule has 8 heteroatoms. The van der Waals surface area contributed by atoms with E-state index in [4.69, 9.17) is 0 Å².